The Hall–Kier alpha value is -0.279. The SMILES string of the molecule is CC1=C(C)[C]([Ti+3])(C[SiH](c2ccc(C)cc2)c2ccc(C)cc2)C(C)=C1C.[Cl-].[Cl-].[Cl-]. The summed E-state index contributed by atoms with van der Waals surface area (Å²) in [5.41, 5.74) is 8.84. The zero-order valence-corrected chi connectivity index (χ0v) is 23.0. The summed E-state index contributed by atoms with van der Waals surface area (Å²) in [7, 11) is -1.31. The molecule has 0 heterocycles. The summed E-state index contributed by atoms with van der Waals surface area (Å²) in [5.74, 6) is 0. The van der Waals surface area contributed by atoms with Gasteiger partial charge >= 0.3 is 173 Å². The zero-order valence-electron chi connectivity index (χ0n) is 18.0. The molecule has 0 unspecified atom stereocenters. The molecule has 0 N–H and O–H groups in total. The van der Waals surface area contributed by atoms with Gasteiger partial charge in [0.15, 0.2) is 0 Å². The van der Waals surface area contributed by atoms with Gasteiger partial charge in [0.25, 0.3) is 0 Å². The number of benzene rings is 2. The Morgan fingerprint density at radius 2 is 0.931 bits per heavy atom. The Balaban J connectivity index is 0.00000261. The fourth-order valence-corrected chi connectivity index (χ4v) is 9.06. The van der Waals surface area contributed by atoms with Gasteiger partial charge in [-0.25, -0.2) is 0 Å². The second-order valence-corrected chi connectivity index (χ2v) is 12.2. The van der Waals surface area contributed by atoms with Crippen molar-refractivity contribution in [2.45, 2.75) is 51.3 Å². The smallest absolute Gasteiger partial charge is 1.00 e. The molecule has 0 fully saturated rings. The van der Waals surface area contributed by atoms with E-state index in [4.69, 9.17) is 0 Å². The van der Waals surface area contributed by atoms with Gasteiger partial charge in [0.2, 0.25) is 0 Å². The molecule has 0 saturated heterocycles. The van der Waals surface area contributed by atoms with Crippen molar-refractivity contribution in [3.8, 4) is 0 Å². The van der Waals surface area contributed by atoms with E-state index in [1.807, 2.05) is 0 Å². The first-order chi connectivity index (χ1) is 12.2. The third-order valence-electron chi connectivity index (χ3n) is 6.44. The second kappa shape index (κ2) is 11.4. The van der Waals surface area contributed by atoms with Gasteiger partial charge in [0, 0.05) is 0 Å². The predicted molar refractivity (Wildman–Crippen MR) is 113 cm³/mol. The molecule has 2 aromatic carbocycles. The van der Waals surface area contributed by atoms with E-state index in [0.29, 0.717) is 0 Å². The minimum absolute atomic E-state index is 0. The molecule has 0 aromatic heterocycles. The van der Waals surface area contributed by atoms with Crippen LogP contribution in [0.3, 0.4) is 0 Å². The van der Waals surface area contributed by atoms with Gasteiger partial charge in [-0.2, -0.15) is 0 Å². The van der Waals surface area contributed by atoms with Gasteiger partial charge in [0.1, 0.15) is 0 Å². The van der Waals surface area contributed by atoms with Crippen molar-refractivity contribution in [3.05, 3.63) is 82.0 Å². The van der Waals surface area contributed by atoms with Gasteiger partial charge in [-0.3, -0.25) is 0 Å². The molecule has 0 atom stereocenters. The molecule has 0 bridgehead atoms. The number of hydrogen-bond donors (Lipinski definition) is 0. The molecule has 0 spiro atoms. The van der Waals surface area contributed by atoms with Crippen molar-refractivity contribution in [2.24, 2.45) is 0 Å². The third kappa shape index (κ3) is 5.70. The molecule has 1 aliphatic rings. The van der Waals surface area contributed by atoms with Gasteiger partial charge in [0.05, 0.1) is 0 Å². The van der Waals surface area contributed by atoms with E-state index < -0.39 is 8.80 Å². The minimum Gasteiger partial charge on any atom is -1.00 e. The largest absolute Gasteiger partial charge is 1.00 e. The molecular formula is C24H29Cl3SiTi. The van der Waals surface area contributed by atoms with Crippen LogP contribution in [0.15, 0.2) is 70.8 Å². The molecule has 2 aromatic rings. The Kier molecular flexibility index (Phi) is 11.3. The Morgan fingerprint density at radius 1 is 0.621 bits per heavy atom. The quantitative estimate of drug-likeness (QED) is 0.377. The topological polar surface area (TPSA) is 0 Å². The molecule has 3 rings (SSSR count). The second-order valence-electron chi connectivity index (χ2n) is 7.98. The number of hydrogen-bond acceptors (Lipinski definition) is 0. The maximum atomic E-state index is 2.47. The van der Waals surface area contributed by atoms with Crippen molar-refractivity contribution < 1.29 is 57.7 Å². The van der Waals surface area contributed by atoms with Crippen LogP contribution in [0.5, 0.6) is 0 Å². The standard InChI is InChI=1S/C24H29Si.3ClH.Ti/c1-16-7-11-22(12-8-16)25(23-13-9-17(2)10-14-23)15-24-20(5)18(3)19(4)21(24)6;;;;/h7-14,25H,15H2,1-6H3;3*1H;/q;;;;+3/p-3. The molecule has 5 heteroatoms. The minimum atomic E-state index is -1.31. The van der Waals surface area contributed by atoms with E-state index in [1.165, 1.54) is 28.3 Å². The van der Waals surface area contributed by atoms with Crippen LogP contribution < -0.4 is 47.6 Å². The maximum absolute atomic E-state index is 2.47. The number of allylic oxidation sites excluding steroid dienone is 4. The first-order valence-corrected chi connectivity index (χ1v) is 12.2. The van der Waals surface area contributed by atoms with Gasteiger partial charge in [-0.15, -0.1) is 0 Å². The maximum Gasteiger partial charge on any atom is -1.00 e. The molecule has 1 aliphatic carbocycles. The number of aryl methyl sites for hydroxylation is 2. The average molecular weight is 500 g/mol. The van der Waals surface area contributed by atoms with E-state index in [9.17, 15) is 0 Å². The van der Waals surface area contributed by atoms with Gasteiger partial charge in [-0.1, -0.05) is 0 Å². The zero-order chi connectivity index (χ0) is 19.1. The summed E-state index contributed by atoms with van der Waals surface area (Å²) in [6.45, 7) is 13.7. The van der Waals surface area contributed by atoms with E-state index in [-0.39, 0.29) is 40.9 Å². The molecule has 0 amide bonds. The van der Waals surface area contributed by atoms with Crippen LogP contribution in [0.4, 0.5) is 0 Å². The Bertz CT molecular complexity index is 814. The predicted octanol–water partition coefficient (Wildman–Crippen LogP) is -3.95. The van der Waals surface area contributed by atoms with Crippen LogP contribution in [0, 0.1) is 13.8 Å². The van der Waals surface area contributed by atoms with Crippen LogP contribution >= 0.6 is 0 Å². The number of halogens is 3. The van der Waals surface area contributed by atoms with Crippen LogP contribution in [0.2, 0.25) is 9.76 Å². The van der Waals surface area contributed by atoms with Crippen LogP contribution in [-0.4, -0.2) is 8.80 Å². The van der Waals surface area contributed by atoms with Crippen LogP contribution in [0.1, 0.15) is 38.8 Å². The van der Waals surface area contributed by atoms with E-state index in [1.54, 1.807) is 21.5 Å². The molecule has 154 valence electrons. The molecule has 0 nitrogen and oxygen atoms in total. The third-order valence-corrected chi connectivity index (χ3v) is 12.0. The summed E-state index contributed by atoms with van der Waals surface area (Å²) >= 11 is 2.47. The molecule has 0 aliphatic heterocycles. The molecule has 0 saturated carbocycles. The average Bonchev–Trinajstić information content (AvgIpc) is 2.77. The van der Waals surface area contributed by atoms with E-state index >= 15 is 0 Å². The summed E-state index contributed by atoms with van der Waals surface area (Å²) in [4.78, 5) is 0. The Morgan fingerprint density at radius 3 is 1.24 bits per heavy atom. The molecule has 29 heavy (non-hydrogen) atoms. The van der Waals surface area contributed by atoms with Crippen molar-refractivity contribution in [2.75, 3.05) is 0 Å². The fourth-order valence-electron chi connectivity index (χ4n) is 4.12. The van der Waals surface area contributed by atoms with Crippen LogP contribution in [0.25, 0.3) is 0 Å². The van der Waals surface area contributed by atoms with E-state index in [2.05, 4.69) is 111 Å². The summed E-state index contributed by atoms with van der Waals surface area (Å²) in [6, 6.07) is 19.9. The Labute approximate surface area is 208 Å². The van der Waals surface area contributed by atoms with Crippen molar-refractivity contribution >= 4 is 19.2 Å². The summed E-state index contributed by atoms with van der Waals surface area (Å²) < 4.78 is 0.195. The van der Waals surface area contributed by atoms with Crippen molar-refractivity contribution in [1.82, 2.24) is 0 Å². The summed E-state index contributed by atoms with van der Waals surface area (Å²) in [5, 5.41) is 3.12. The monoisotopic (exact) mass is 498 g/mol. The van der Waals surface area contributed by atoms with E-state index in [0.717, 1.165) is 0 Å². The van der Waals surface area contributed by atoms with Gasteiger partial charge in [-0.05, 0) is 0 Å². The first-order valence-electron chi connectivity index (χ1n) is 9.48. The number of rotatable bonds is 4. The van der Waals surface area contributed by atoms with Crippen molar-refractivity contribution in [3.63, 3.8) is 0 Å². The van der Waals surface area contributed by atoms with Crippen molar-refractivity contribution in [1.29, 1.82) is 0 Å². The van der Waals surface area contributed by atoms with Gasteiger partial charge < -0.3 is 37.2 Å². The first kappa shape index (κ1) is 28.7. The molecule has 0 radical (unpaired) electrons. The van der Waals surface area contributed by atoms with Crippen LogP contribution in [-0.2, 0) is 20.4 Å². The fraction of sp³-hybridized carbons (Fsp3) is 0.333. The normalized spacial score (nSPS) is 15.1. The summed E-state index contributed by atoms with van der Waals surface area (Å²) in [6.07, 6.45) is 0. The molecular weight excluding hydrogens is 471 g/mol.